The SMILES string of the molecule is Fc1ccccc1-c1noc2c1CCCCN2. The summed E-state index contributed by atoms with van der Waals surface area (Å²) in [5, 5.41) is 7.18. The summed E-state index contributed by atoms with van der Waals surface area (Å²) >= 11 is 0. The number of fused-ring (bicyclic) bond motifs is 1. The highest BCUT2D eigenvalue weighted by Crippen LogP contribution is 2.32. The van der Waals surface area contributed by atoms with Gasteiger partial charge in [-0.3, -0.25) is 0 Å². The monoisotopic (exact) mass is 232 g/mol. The number of hydrogen-bond donors (Lipinski definition) is 1. The molecule has 0 saturated carbocycles. The van der Waals surface area contributed by atoms with Gasteiger partial charge >= 0.3 is 0 Å². The van der Waals surface area contributed by atoms with Gasteiger partial charge in [-0.2, -0.15) is 0 Å². The summed E-state index contributed by atoms with van der Waals surface area (Å²) in [6, 6.07) is 6.67. The van der Waals surface area contributed by atoms with E-state index < -0.39 is 0 Å². The molecule has 0 bridgehead atoms. The Labute approximate surface area is 98.6 Å². The van der Waals surface area contributed by atoms with Crippen molar-refractivity contribution in [1.29, 1.82) is 0 Å². The molecule has 0 saturated heterocycles. The lowest BCUT2D eigenvalue weighted by Crippen LogP contribution is -1.97. The molecule has 1 aromatic carbocycles. The van der Waals surface area contributed by atoms with Crippen LogP contribution in [-0.4, -0.2) is 11.7 Å². The standard InChI is InChI=1S/C13H13FN2O/c14-11-7-2-1-5-9(11)12-10-6-3-4-8-15-13(10)17-16-12/h1-2,5,7,15H,3-4,6,8H2. The second-order valence-corrected chi connectivity index (χ2v) is 4.20. The van der Waals surface area contributed by atoms with Crippen LogP contribution in [0.2, 0.25) is 0 Å². The van der Waals surface area contributed by atoms with Gasteiger partial charge in [0, 0.05) is 17.7 Å². The quantitative estimate of drug-likeness (QED) is 0.820. The lowest BCUT2D eigenvalue weighted by Gasteiger charge is -2.01. The number of nitrogens with one attached hydrogen (secondary N) is 1. The van der Waals surface area contributed by atoms with Gasteiger partial charge < -0.3 is 9.84 Å². The van der Waals surface area contributed by atoms with Gasteiger partial charge in [0.1, 0.15) is 11.5 Å². The Balaban J connectivity index is 2.10. The van der Waals surface area contributed by atoms with Gasteiger partial charge in [-0.1, -0.05) is 17.3 Å². The second kappa shape index (κ2) is 4.20. The third-order valence-corrected chi connectivity index (χ3v) is 3.06. The maximum Gasteiger partial charge on any atom is 0.228 e. The molecule has 1 aromatic heterocycles. The topological polar surface area (TPSA) is 38.1 Å². The van der Waals surface area contributed by atoms with Gasteiger partial charge in [-0.25, -0.2) is 4.39 Å². The van der Waals surface area contributed by atoms with E-state index in [0.717, 1.165) is 31.4 Å². The molecule has 2 aromatic rings. The molecule has 2 heterocycles. The van der Waals surface area contributed by atoms with Gasteiger partial charge in [0.15, 0.2) is 0 Å². The van der Waals surface area contributed by atoms with Gasteiger partial charge in [-0.15, -0.1) is 0 Å². The summed E-state index contributed by atoms with van der Waals surface area (Å²) < 4.78 is 19.0. The Hall–Kier alpha value is -1.84. The van der Waals surface area contributed by atoms with Crippen LogP contribution in [-0.2, 0) is 6.42 Å². The number of rotatable bonds is 1. The molecule has 3 nitrogen and oxygen atoms in total. The summed E-state index contributed by atoms with van der Waals surface area (Å²) in [5.74, 6) is 0.439. The van der Waals surface area contributed by atoms with Crippen LogP contribution in [0.5, 0.6) is 0 Å². The molecule has 1 N–H and O–H groups in total. The van der Waals surface area contributed by atoms with Crippen LogP contribution in [0, 0.1) is 5.82 Å². The van der Waals surface area contributed by atoms with E-state index in [1.54, 1.807) is 12.1 Å². The first-order valence-electron chi connectivity index (χ1n) is 5.83. The molecule has 17 heavy (non-hydrogen) atoms. The Morgan fingerprint density at radius 3 is 3.00 bits per heavy atom. The molecule has 0 aliphatic carbocycles. The fourth-order valence-electron chi connectivity index (χ4n) is 2.17. The first-order valence-corrected chi connectivity index (χ1v) is 5.83. The molecule has 0 spiro atoms. The molecule has 4 heteroatoms. The normalized spacial score (nSPS) is 14.9. The smallest absolute Gasteiger partial charge is 0.228 e. The fraction of sp³-hybridized carbons (Fsp3) is 0.308. The molecular formula is C13H13FN2O. The minimum Gasteiger partial charge on any atom is -0.354 e. The third-order valence-electron chi connectivity index (χ3n) is 3.06. The zero-order valence-corrected chi connectivity index (χ0v) is 9.37. The molecule has 88 valence electrons. The maximum atomic E-state index is 13.7. The van der Waals surface area contributed by atoms with E-state index in [1.807, 2.05) is 6.07 Å². The van der Waals surface area contributed by atoms with E-state index >= 15 is 0 Å². The largest absolute Gasteiger partial charge is 0.354 e. The minimum absolute atomic E-state index is 0.257. The molecule has 0 atom stereocenters. The molecule has 1 aliphatic rings. The van der Waals surface area contributed by atoms with Crippen LogP contribution < -0.4 is 5.32 Å². The number of anilines is 1. The van der Waals surface area contributed by atoms with Crippen molar-refractivity contribution in [3.8, 4) is 11.3 Å². The molecule has 0 fully saturated rings. The average molecular weight is 232 g/mol. The number of halogens is 1. The highest BCUT2D eigenvalue weighted by molar-refractivity contribution is 5.68. The van der Waals surface area contributed by atoms with E-state index in [-0.39, 0.29) is 5.82 Å². The first-order chi connectivity index (χ1) is 8.36. The van der Waals surface area contributed by atoms with Crippen molar-refractivity contribution in [2.45, 2.75) is 19.3 Å². The zero-order chi connectivity index (χ0) is 11.7. The van der Waals surface area contributed by atoms with Gasteiger partial charge in [0.05, 0.1) is 0 Å². The molecule has 0 amide bonds. The molecular weight excluding hydrogens is 219 g/mol. The van der Waals surface area contributed by atoms with Crippen molar-refractivity contribution in [2.75, 3.05) is 11.9 Å². The fourth-order valence-corrected chi connectivity index (χ4v) is 2.17. The summed E-state index contributed by atoms with van der Waals surface area (Å²) in [5.41, 5.74) is 2.14. The van der Waals surface area contributed by atoms with Gasteiger partial charge in [-0.05, 0) is 31.4 Å². The second-order valence-electron chi connectivity index (χ2n) is 4.20. The van der Waals surface area contributed by atoms with Crippen LogP contribution in [0.25, 0.3) is 11.3 Å². The average Bonchev–Trinajstić information content (AvgIpc) is 2.59. The van der Waals surface area contributed by atoms with Crippen LogP contribution in [0.4, 0.5) is 10.3 Å². The number of hydrogen-bond acceptors (Lipinski definition) is 3. The first kappa shape index (κ1) is 10.3. The van der Waals surface area contributed by atoms with Crippen LogP contribution in [0.15, 0.2) is 28.8 Å². The van der Waals surface area contributed by atoms with E-state index in [1.165, 1.54) is 6.07 Å². The Morgan fingerprint density at radius 1 is 1.24 bits per heavy atom. The zero-order valence-electron chi connectivity index (χ0n) is 9.37. The van der Waals surface area contributed by atoms with Gasteiger partial charge in [0.2, 0.25) is 5.88 Å². The summed E-state index contributed by atoms with van der Waals surface area (Å²) in [4.78, 5) is 0. The van der Waals surface area contributed by atoms with Crippen molar-refractivity contribution in [1.82, 2.24) is 5.16 Å². The maximum absolute atomic E-state index is 13.7. The highest BCUT2D eigenvalue weighted by Gasteiger charge is 2.20. The summed E-state index contributed by atoms with van der Waals surface area (Å²) in [6.07, 6.45) is 3.05. The van der Waals surface area contributed by atoms with E-state index in [0.29, 0.717) is 17.1 Å². The van der Waals surface area contributed by atoms with Crippen molar-refractivity contribution in [2.24, 2.45) is 0 Å². The Morgan fingerprint density at radius 2 is 2.12 bits per heavy atom. The van der Waals surface area contributed by atoms with Crippen molar-refractivity contribution >= 4 is 5.88 Å². The predicted octanol–water partition coefficient (Wildman–Crippen LogP) is 3.23. The van der Waals surface area contributed by atoms with Crippen LogP contribution in [0.1, 0.15) is 18.4 Å². The van der Waals surface area contributed by atoms with E-state index in [9.17, 15) is 4.39 Å². The van der Waals surface area contributed by atoms with Crippen LogP contribution >= 0.6 is 0 Å². The van der Waals surface area contributed by atoms with Gasteiger partial charge in [0.25, 0.3) is 0 Å². The predicted molar refractivity (Wildman–Crippen MR) is 63.3 cm³/mol. The lowest BCUT2D eigenvalue weighted by atomic mass is 10.0. The third kappa shape index (κ3) is 1.79. The van der Waals surface area contributed by atoms with E-state index in [4.69, 9.17) is 4.52 Å². The van der Waals surface area contributed by atoms with E-state index in [2.05, 4.69) is 10.5 Å². The Kier molecular flexibility index (Phi) is 2.55. The highest BCUT2D eigenvalue weighted by atomic mass is 19.1. The lowest BCUT2D eigenvalue weighted by molar-refractivity contribution is 0.434. The number of aromatic nitrogens is 1. The molecule has 3 rings (SSSR count). The minimum atomic E-state index is -0.257. The van der Waals surface area contributed by atoms with Crippen LogP contribution in [0.3, 0.4) is 0 Å². The van der Waals surface area contributed by atoms with Crippen molar-refractivity contribution < 1.29 is 8.91 Å². The molecule has 1 aliphatic heterocycles. The van der Waals surface area contributed by atoms with Crippen molar-refractivity contribution in [3.63, 3.8) is 0 Å². The molecule has 0 unspecified atom stereocenters. The Bertz CT molecular complexity index is 536. The number of nitrogens with zero attached hydrogens (tertiary/aromatic N) is 1. The summed E-state index contributed by atoms with van der Waals surface area (Å²) in [7, 11) is 0. The summed E-state index contributed by atoms with van der Waals surface area (Å²) in [6.45, 7) is 0.888. The number of benzene rings is 1. The molecule has 0 radical (unpaired) electrons. The van der Waals surface area contributed by atoms with Crippen molar-refractivity contribution in [3.05, 3.63) is 35.6 Å².